The molecule has 0 spiro atoms. The topological polar surface area (TPSA) is 84.0 Å². The number of thioether (sulfide) groups is 1. The molecule has 4 rings (SSSR count). The molecule has 0 fully saturated rings. The zero-order valence-electron chi connectivity index (χ0n) is 14.9. The minimum atomic E-state index is -0.544. The van der Waals surface area contributed by atoms with Gasteiger partial charge in [-0.25, -0.2) is 9.18 Å². The molecule has 0 bridgehead atoms. The third kappa shape index (κ3) is 3.47. The molecule has 8 heteroatoms. The molecule has 0 aliphatic carbocycles. The number of amides is 1. The van der Waals surface area contributed by atoms with Gasteiger partial charge in [0.05, 0.1) is 16.9 Å². The Hall–Kier alpha value is -2.87. The van der Waals surface area contributed by atoms with Crippen molar-refractivity contribution < 1.29 is 9.18 Å². The van der Waals surface area contributed by atoms with E-state index in [-0.39, 0.29) is 30.7 Å². The Kier molecular flexibility index (Phi) is 5.04. The van der Waals surface area contributed by atoms with Gasteiger partial charge in [0, 0.05) is 23.6 Å². The molecule has 3 aromatic rings. The van der Waals surface area contributed by atoms with Gasteiger partial charge in [-0.15, -0.1) is 11.8 Å². The summed E-state index contributed by atoms with van der Waals surface area (Å²) in [7, 11) is 0. The highest BCUT2D eigenvalue weighted by Crippen LogP contribution is 2.37. The number of aryl methyl sites for hydroxylation is 1. The van der Waals surface area contributed by atoms with Crippen molar-refractivity contribution in [2.45, 2.75) is 30.3 Å². The maximum absolute atomic E-state index is 14.0. The van der Waals surface area contributed by atoms with Gasteiger partial charge >= 0.3 is 5.69 Å². The van der Waals surface area contributed by atoms with Gasteiger partial charge in [0.1, 0.15) is 5.82 Å². The first-order chi connectivity index (χ1) is 13.5. The molecule has 1 aliphatic rings. The summed E-state index contributed by atoms with van der Waals surface area (Å²) in [6.07, 6.45) is 0.790. The number of benzene rings is 2. The highest BCUT2D eigenvalue weighted by molar-refractivity contribution is 7.99. The van der Waals surface area contributed by atoms with Crippen LogP contribution < -0.4 is 16.6 Å². The van der Waals surface area contributed by atoms with Gasteiger partial charge in [-0.1, -0.05) is 24.3 Å². The number of para-hydroxylation sites is 1. The van der Waals surface area contributed by atoms with Gasteiger partial charge in [-0.2, -0.15) is 0 Å². The van der Waals surface area contributed by atoms with E-state index in [4.69, 9.17) is 0 Å². The first-order valence-corrected chi connectivity index (χ1v) is 9.95. The minimum Gasteiger partial charge on any atom is -0.349 e. The molecule has 0 saturated heterocycles. The van der Waals surface area contributed by atoms with Crippen molar-refractivity contribution >= 4 is 28.6 Å². The number of fused-ring (bicyclic) bond motifs is 2. The molecule has 1 amide bonds. The van der Waals surface area contributed by atoms with Crippen LogP contribution in [0.5, 0.6) is 0 Å². The largest absolute Gasteiger partial charge is 0.349 e. The average Bonchev–Trinajstić information content (AvgIpc) is 2.69. The van der Waals surface area contributed by atoms with Crippen LogP contribution >= 0.6 is 11.8 Å². The number of carbonyl (C=O) groups excluding carboxylic acids is 1. The summed E-state index contributed by atoms with van der Waals surface area (Å²) in [5, 5.41) is 3.34. The van der Waals surface area contributed by atoms with Crippen LogP contribution in [-0.2, 0) is 11.3 Å². The third-order valence-corrected chi connectivity index (χ3v) is 5.99. The first kappa shape index (κ1) is 18.5. The van der Waals surface area contributed by atoms with Crippen molar-refractivity contribution in [3.05, 3.63) is 74.7 Å². The molecule has 1 unspecified atom stereocenters. The summed E-state index contributed by atoms with van der Waals surface area (Å²) in [6, 6.07) is 11.4. The number of halogens is 1. The zero-order chi connectivity index (χ0) is 19.7. The Balaban J connectivity index is 1.51. The third-order valence-electron chi connectivity index (χ3n) is 4.83. The monoisotopic (exact) mass is 399 g/mol. The van der Waals surface area contributed by atoms with Crippen molar-refractivity contribution in [2.75, 3.05) is 5.75 Å². The summed E-state index contributed by atoms with van der Waals surface area (Å²) < 4.78 is 15.4. The highest BCUT2D eigenvalue weighted by Gasteiger charge is 2.24. The summed E-state index contributed by atoms with van der Waals surface area (Å²) in [4.78, 5) is 39.5. The number of H-pyrrole nitrogens is 1. The zero-order valence-corrected chi connectivity index (χ0v) is 15.7. The maximum Gasteiger partial charge on any atom is 0.328 e. The number of aromatic nitrogens is 2. The van der Waals surface area contributed by atoms with Crippen molar-refractivity contribution in [3.8, 4) is 0 Å². The lowest BCUT2D eigenvalue weighted by Gasteiger charge is -2.26. The van der Waals surface area contributed by atoms with Gasteiger partial charge in [0.2, 0.25) is 5.91 Å². The molecule has 1 aromatic heterocycles. The molecule has 1 atom stereocenters. The average molecular weight is 399 g/mol. The molecular formula is C20H18FN3O3S. The summed E-state index contributed by atoms with van der Waals surface area (Å²) in [5.41, 5.74) is 0.291. The van der Waals surface area contributed by atoms with E-state index >= 15 is 0 Å². The molecule has 28 heavy (non-hydrogen) atoms. The van der Waals surface area contributed by atoms with E-state index in [1.54, 1.807) is 30.3 Å². The molecular weight excluding hydrogens is 381 g/mol. The standard InChI is InChI=1S/C20H18FN3O3S/c21-14-6-3-5-12-15(9-11-28-18(12)14)22-17(25)8-10-24-16-7-2-1-4-13(16)19(26)23-20(24)27/h1-7,15H,8-11H2,(H,22,25)(H,23,26,27). The first-order valence-electron chi connectivity index (χ1n) is 8.97. The number of aromatic amines is 1. The van der Waals surface area contributed by atoms with Crippen molar-refractivity contribution in [3.63, 3.8) is 0 Å². The van der Waals surface area contributed by atoms with E-state index in [1.807, 2.05) is 6.07 Å². The molecule has 2 N–H and O–H groups in total. The SMILES string of the molecule is O=C(CCn1c(=O)[nH]c(=O)c2ccccc21)NC1CCSc2c(F)cccc21. The fourth-order valence-corrected chi connectivity index (χ4v) is 4.62. The Bertz CT molecular complexity index is 1170. The van der Waals surface area contributed by atoms with Gasteiger partial charge in [-0.3, -0.25) is 19.1 Å². The number of rotatable bonds is 4. The Morgan fingerprint density at radius 1 is 1.21 bits per heavy atom. The van der Waals surface area contributed by atoms with Crippen LogP contribution in [0.3, 0.4) is 0 Å². The molecule has 0 radical (unpaired) electrons. The van der Waals surface area contributed by atoms with Crippen LogP contribution in [0.4, 0.5) is 4.39 Å². The second kappa shape index (κ2) is 7.63. The number of carbonyl (C=O) groups is 1. The van der Waals surface area contributed by atoms with E-state index in [1.165, 1.54) is 22.4 Å². The van der Waals surface area contributed by atoms with Crippen LogP contribution in [-0.4, -0.2) is 21.2 Å². The molecule has 2 heterocycles. The van der Waals surface area contributed by atoms with Crippen LogP contribution in [0.15, 0.2) is 56.9 Å². The van der Waals surface area contributed by atoms with Crippen molar-refractivity contribution in [1.82, 2.24) is 14.9 Å². The normalized spacial score (nSPS) is 16.0. The number of nitrogens with one attached hydrogen (secondary N) is 2. The van der Waals surface area contributed by atoms with Crippen molar-refractivity contribution in [2.24, 2.45) is 0 Å². The number of hydrogen-bond donors (Lipinski definition) is 2. The maximum atomic E-state index is 14.0. The van der Waals surface area contributed by atoms with Gasteiger partial charge in [0.15, 0.2) is 0 Å². The molecule has 6 nitrogen and oxygen atoms in total. The number of hydrogen-bond acceptors (Lipinski definition) is 4. The predicted octanol–water partition coefficient (Wildman–Crippen LogP) is 2.57. The van der Waals surface area contributed by atoms with Crippen molar-refractivity contribution in [1.29, 1.82) is 0 Å². The van der Waals surface area contributed by atoms with Crippen LogP contribution in [0.25, 0.3) is 10.9 Å². The fourth-order valence-electron chi connectivity index (χ4n) is 3.48. The summed E-state index contributed by atoms with van der Waals surface area (Å²) in [5.74, 6) is 0.227. The quantitative estimate of drug-likeness (QED) is 0.706. The van der Waals surface area contributed by atoms with Gasteiger partial charge in [0.25, 0.3) is 5.56 Å². The summed E-state index contributed by atoms with van der Waals surface area (Å²) in [6.45, 7) is 0.138. The van der Waals surface area contributed by atoms with E-state index in [9.17, 15) is 18.8 Å². The Morgan fingerprint density at radius 3 is 2.89 bits per heavy atom. The summed E-state index contributed by atoms with van der Waals surface area (Å²) >= 11 is 1.46. The van der Waals surface area contributed by atoms with E-state index in [0.717, 1.165) is 11.3 Å². The fraction of sp³-hybridized carbons (Fsp3) is 0.250. The van der Waals surface area contributed by atoms with Crippen LogP contribution in [0.2, 0.25) is 0 Å². The van der Waals surface area contributed by atoms with Crippen LogP contribution in [0, 0.1) is 5.82 Å². The second-order valence-electron chi connectivity index (χ2n) is 6.59. The molecule has 2 aromatic carbocycles. The number of nitrogens with zero attached hydrogens (tertiary/aromatic N) is 1. The Morgan fingerprint density at radius 2 is 2.04 bits per heavy atom. The predicted molar refractivity (Wildman–Crippen MR) is 106 cm³/mol. The lowest BCUT2D eigenvalue weighted by atomic mass is 10.0. The molecule has 144 valence electrons. The van der Waals surface area contributed by atoms with E-state index < -0.39 is 11.2 Å². The van der Waals surface area contributed by atoms with Gasteiger partial charge < -0.3 is 5.32 Å². The highest BCUT2D eigenvalue weighted by atomic mass is 32.2. The smallest absolute Gasteiger partial charge is 0.328 e. The van der Waals surface area contributed by atoms with Gasteiger partial charge in [-0.05, 0) is 30.2 Å². The van der Waals surface area contributed by atoms with Crippen LogP contribution in [0.1, 0.15) is 24.4 Å². The lowest BCUT2D eigenvalue weighted by Crippen LogP contribution is -2.34. The molecule has 0 saturated carbocycles. The second-order valence-corrected chi connectivity index (χ2v) is 7.70. The van der Waals surface area contributed by atoms with E-state index in [0.29, 0.717) is 22.2 Å². The van der Waals surface area contributed by atoms with E-state index in [2.05, 4.69) is 10.3 Å². The Labute approximate surface area is 163 Å². The minimum absolute atomic E-state index is 0.0736. The lowest BCUT2D eigenvalue weighted by molar-refractivity contribution is -0.122. The molecule has 1 aliphatic heterocycles.